The van der Waals surface area contributed by atoms with E-state index >= 15 is 0 Å². The average molecular weight is 693 g/mol. The van der Waals surface area contributed by atoms with Gasteiger partial charge in [0.1, 0.15) is 0 Å². The number of nitrogens with zero attached hydrogens (tertiary/aromatic N) is 1. The number of rotatable bonds is 24. The fraction of sp³-hybridized carbons (Fsp3) is 0.682. The quantitative estimate of drug-likeness (QED) is 0.0620. The lowest BCUT2D eigenvalue weighted by Gasteiger charge is -2.29. The SMILES string of the molecule is C=C(CC/C=C(\C)CCC=C(C)C)CCC1C=C(CC/C=C(\C)CCC=C(C)C)CC(COC(=O)CCC(=O)NCCCN2CCOCC2)C1. The lowest BCUT2D eigenvalue weighted by molar-refractivity contribution is -0.146. The first-order chi connectivity index (χ1) is 24.0. The van der Waals surface area contributed by atoms with Crippen LogP contribution in [0.2, 0.25) is 0 Å². The molecule has 1 aliphatic heterocycles. The van der Waals surface area contributed by atoms with Crippen LogP contribution in [-0.4, -0.2) is 62.8 Å². The molecule has 0 spiro atoms. The van der Waals surface area contributed by atoms with Crippen molar-refractivity contribution in [1.82, 2.24) is 10.2 Å². The summed E-state index contributed by atoms with van der Waals surface area (Å²) in [6.45, 7) is 23.1. The van der Waals surface area contributed by atoms with Gasteiger partial charge in [0, 0.05) is 26.1 Å². The molecule has 1 fully saturated rings. The third kappa shape index (κ3) is 22.2. The minimum absolute atomic E-state index is 0.0781. The van der Waals surface area contributed by atoms with Crippen LogP contribution >= 0.6 is 0 Å². The summed E-state index contributed by atoms with van der Waals surface area (Å²) >= 11 is 0. The van der Waals surface area contributed by atoms with Crippen LogP contribution in [0.1, 0.15) is 138 Å². The number of hydrogen-bond acceptors (Lipinski definition) is 5. The zero-order chi connectivity index (χ0) is 36.6. The van der Waals surface area contributed by atoms with Crippen LogP contribution in [0.25, 0.3) is 0 Å². The molecule has 1 heterocycles. The van der Waals surface area contributed by atoms with Gasteiger partial charge >= 0.3 is 5.97 Å². The zero-order valence-corrected chi connectivity index (χ0v) is 32.9. The summed E-state index contributed by atoms with van der Waals surface area (Å²) in [4.78, 5) is 27.3. The van der Waals surface area contributed by atoms with Crippen molar-refractivity contribution in [1.29, 1.82) is 0 Å². The first kappa shape index (κ1) is 43.5. The second kappa shape index (κ2) is 26.1. The smallest absolute Gasteiger partial charge is 0.306 e. The van der Waals surface area contributed by atoms with Gasteiger partial charge in [-0.05, 0) is 143 Å². The van der Waals surface area contributed by atoms with E-state index in [1.165, 1.54) is 33.4 Å². The topological polar surface area (TPSA) is 67.9 Å². The Morgan fingerprint density at radius 2 is 1.50 bits per heavy atom. The van der Waals surface area contributed by atoms with Crippen LogP contribution in [0.15, 0.2) is 70.4 Å². The normalized spacial score (nSPS) is 18.6. The monoisotopic (exact) mass is 693 g/mol. The van der Waals surface area contributed by atoms with Crippen LogP contribution in [0.5, 0.6) is 0 Å². The second-order valence-corrected chi connectivity index (χ2v) is 15.3. The predicted octanol–water partition coefficient (Wildman–Crippen LogP) is 10.4. The van der Waals surface area contributed by atoms with Gasteiger partial charge in [-0.15, -0.1) is 0 Å². The Bertz CT molecular complexity index is 1180. The maximum Gasteiger partial charge on any atom is 0.306 e. The minimum atomic E-state index is -0.270. The molecule has 1 N–H and O–H groups in total. The first-order valence-electron chi connectivity index (χ1n) is 19.7. The molecular weight excluding hydrogens is 620 g/mol. The molecule has 2 unspecified atom stereocenters. The lowest BCUT2D eigenvalue weighted by Crippen LogP contribution is -2.38. The molecule has 1 amide bonds. The molecule has 0 saturated carbocycles. The zero-order valence-electron chi connectivity index (χ0n) is 32.9. The first-order valence-corrected chi connectivity index (χ1v) is 19.7. The van der Waals surface area contributed by atoms with E-state index in [1.54, 1.807) is 0 Å². The molecule has 0 aromatic heterocycles. The van der Waals surface area contributed by atoms with Gasteiger partial charge in [0.2, 0.25) is 5.91 Å². The summed E-state index contributed by atoms with van der Waals surface area (Å²) < 4.78 is 11.2. The van der Waals surface area contributed by atoms with Gasteiger partial charge < -0.3 is 14.8 Å². The van der Waals surface area contributed by atoms with E-state index in [-0.39, 0.29) is 24.7 Å². The van der Waals surface area contributed by atoms with Crippen LogP contribution < -0.4 is 5.32 Å². The number of morpholine rings is 1. The molecule has 0 aromatic carbocycles. The molecule has 1 aliphatic carbocycles. The van der Waals surface area contributed by atoms with Crippen LogP contribution in [0.3, 0.4) is 0 Å². The van der Waals surface area contributed by atoms with Crippen molar-refractivity contribution < 1.29 is 19.1 Å². The maximum atomic E-state index is 12.7. The Morgan fingerprint density at radius 1 is 0.860 bits per heavy atom. The van der Waals surface area contributed by atoms with E-state index in [2.05, 4.69) is 88.7 Å². The van der Waals surface area contributed by atoms with Crippen molar-refractivity contribution in [3.63, 3.8) is 0 Å². The Morgan fingerprint density at radius 3 is 2.16 bits per heavy atom. The van der Waals surface area contributed by atoms with E-state index in [0.717, 1.165) is 116 Å². The highest BCUT2D eigenvalue weighted by Gasteiger charge is 2.24. The van der Waals surface area contributed by atoms with Gasteiger partial charge in [-0.3, -0.25) is 14.5 Å². The van der Waals surface area contributed by atoms with Crippen LogP contribution in [-0.2, 0) is 19.1 Å². The molecule has 282 valence electrons. The number of hydrogen-bond donors (Lipinski definition) is 1. The van der Waals surface area contributed by atoms with Gasteiger partial charge in [0.25, 0.3) is 0 Å². The highest BCUT2D eigenvalue weighted by molar-refractivity contribution is 5.81. The number of esters is 1. The molecule has 0 aromatic rings. The minimum Gasteiger partial charge on any atom is -0.465 e. The predicted molar refractivity (Wildman–Crippen MR) is 211 cm³/mol. The number of amides is 1. The van der Waals surface area contributed by atoms with E-state index < -0.39 is 0 Å². The van der Waals surface area contributed by atoms with Crippen molar-refractivity contribution in [2.75, 3.05) is 46.0 Å². The summed E-state index contributed by atoms with van der Waals surface area (Å²) in [7, 11) is 0. The van der Waals surface area contributed by atoms with Crippen molar-refractivity contribution >= 4 is 11.9 Å². The van der Waals surface area contributed by atoms with Crippen molar-refractivity contribution in [3.8, 4) is 0 Å². The molecule has 50 heavy (non-hydrogen) atoms. The Balaban J connectivity index is 1.81. The van der Waals surface area contributed by atoms with Gasteiger partial charge in [-0.1, -0.05) is 70.4 Å². The molecule has 1 saturated heterocycles. The summed E-state index contributed by atoms with van der Waals surface area (Å²) in [6.07, 6.45) is 26.0. The van der Waals surface area contributed by atoms with Crippen molar-refractivity contribution in [2.24, 2.45) is 11.8 Å². The molecule has 6 heteroatoms. The van der Waals surface area contributed by atoms with Crippen LogP contribution in [0.4, 0.5) is 0 Å². The van der Waals surface area contributed by atoms with Gasteiger partial charge in [-0.25, -0.2) is 0 Å². The maximum absolute atomic E-state index is 12.7. The Kier molecular flexibility index (Phi) is 22.7. The van der Waals surface area contributed by atoms with E-state index in [1.807, 2.05) is 0 Å². The largest absolute Gasteiger partial charge is 0.465 e. The number of carbonyl (C=O) groups is 2. The van der Waals surface area contributed by atoms with E-state index in [0.29, 0.717) is 25.0 Å². The van der Waals surface area contributed by atoms with Gasteiger partial charge in [0.05, 0.1) is 26.2 Å². The van der Waals surface area contributed by atoms with E-state index in [4.69, 9.17) is 9.47 Å². The van der Waals surface area contributed by atoms with E-state index in [9.17, 15) is 9.59 Å². The molecular formula is C44H72N2O4. The van der Waals surface area contributed by atoms with Gasteiger partial charge in [0.15, 0.2) is 0 Å². The van der Waals surface area contributed by atoms with Gasteiger partial charge in [-0.2, -0.15) is 0 Å². The molecule has 2 aliphatic rings. The van der Waals surface area contributed by atoms with Crippen molar-refractivity contribution in [2.45, 2.75) is 138 Å². The summed E-state index contributed by atoms with van der Waals surface area (Å²) in [5, 5.41) is 2.96. The Labute approximate surface area is 306 Å². The molecule has 2 rings (SSSR count). The summed E-state index contributed by atoms with van der Waals surface area (Å²) in [5.74, 6) is 0.450. The molecule has 2 atom stereocenters. The molecule has 6 nitrogen and oxygen atoms in total. The summed E-state index contributed by atoms with van der Waals surface area (Å²) in [5.41, 5.74) is 8.52. The standard InChI is InChI=1S/C44H72N2O4/c1-35(2)13-8-15-37(5)17-10-18-39(7)21-22-41-31-40(20-11-19-38(6)16-9-14-36(3)4)32-42(33-41)34-50-44(48)24-23-43(47)45-25-12-26-46-27-29-49-30-28-46/h13-14,17,19,31,41-42H,7-12,15-16,18,20-30,32-34H2,1-6H3,(H,45,47)/b37-17+,38-19+. The molecule has 0 bridgehead atoms. The number of allylic oxidation sites excluding steroid dienone is 11. The second-order valence-electron chi connectivity index (χ2n) is 15.3. The average Bonchev–Trinajstić information content (AvgIpc) is 3.07. The number of ether oxygens (including phenoxy) is 2. The van der Waals surface area contributed by atoms with Crippen molar-refractivity contribution in [3.05, 3.63) is 70.4 Å². The van der Waals surface area contributed by atoms with Crippen LogP contribution in [0, 0.1) is 11.8 Å². The fourth-order valence-electron chi connectivity index (χ4n) is 6.73. The summed E-state index contributed by atoms with van der Waals surface area (Å²) in [6, 6.07) is 0. The third-order valence-electron chi connectivity index (χ3n) is 9.77. The Hall–Kier alpha value is -2.70. The third-order valence-corrected chi connectivity index (χ3v) is 9.77. The number of nitrogens with one attached hydrogen (secondary N) is 1. The number of carbonyl (C=O) groups excluding carboxylic acids is 2. The fourth-order valence-corrected chi connectivity index (χ4v) is 6.73. The molecule has 0 radical (unpaired) electrons. The highest BCUT2D eigenvalue weighted by atomic mass is 16.5. The highest BCUT2D eigenvalue weighted by Crippen LogP contribution is 2.34. The lowest BCUT2D eigenvalue weighted by atomic mass is 9.79.